The molecule has 20 heavy (non-hydrogen) atoms. The molecule has 1 aromatic carbocycles. The minimum atomic E-state index is 0.331. The fourth-order valence-corrected chi connectivity index (χ4v) is 3.51. The second-order valence-electron chi connectivity index (χ2n) is 4.39. The van der Waals surface area contributed by atoms with Crippen LogP contribution < -0.4 is 0 Å². The van der Waals surface area contributed by atoms with Crippen molar-refractivity contribution >= 4 is 54.6 Å². The van der Waals surface area contributed by atoms with Crippen LogP contribution in [0.2, 0.25) is 0 Å². The molecule has 102 valence electrons. The van der Waals surface area contributed by atoms with Crippen LogP contribution >= 0.6 is 43.5 Å². The van der Waals surface area contributed by atoms with E-state index < -0.39 is 0 Å². The van der Waals surface area contributed by atoms with Crippen molar-refractivity contribution in [1.82, 2.24) is 14.5 Å². The van der Waals surface area contributed by atoms with Gasteiger partial charge in [-0.05, 0) is 53.2 Å². The van der Waals surface area contributed by atoms with Gasteiger partial charge >= 0.3 is 0 Å². The number of nitrogens with zero attached hydrogens (tertiary/aromatic N) is 3. The molecular formula is C14H10Br2ClN3. The van der Waals surface area contributed by atoms with Gasteiger partial charge in [0.1, 0.15) is 11.3 Å². The molecule has 0 aliphatic rings. The average Bonchev–Trinajstić information content (AvgIpc) is 2.76. The molecule has 0 saturated carbocycles. The number of fused-ring (bicyclic) bond motifs is 1. The van der Waals surface area contributed by atoms with E-state index in [0.717, 1.165) is 37.3 Å². The Kier molecular flexibility index (Phi) is 3.84. The molecule has 0 saturated heterocycles. The first-order chi connectivity index (χ1) is 9.60. The summed E-state index contributed by atoms with van der Waals surface area (Å²) in [5.41, 5.74) is 3.60. The molecule has 3 aromatic rings. The van der Waals surface area contributed by atoms with Gasteiger partial charge in [0.25, 0.3) is 0 Å². The van der Waals surface area contributed by atoms with Gasteiger partial charge in [-0.15, -0.1) is 11.6 Å². The highest BCUT2D eigenvalue weighted by atomic mass is 79.9. The molecule has 0 aliphatic heterocycles. The lowest BCUT2D eigenvalue weighted by Crippen LogP contribution is -2.01. The Balaban J connectivity index is 2.36. The Morgan fingerprint density at radius 2 is 1.95 bits per heavy atom. The summed E-state index contributed by atoms with van der Waals surface area (Å²) in [7, 11) is 0. The van der Waals surface area contributed by atoms with E-state index in [1.807, 2.05) is 41.8 Å². The lowest BCUT2D eigenvalue weighted by molar-refractivity contribution is 0.961. The van der Waals surface area contributed by atoms with Crippen LogP contribution in [0, 0.1) is 6.92 Å². The van der Waals surface area contributed by atoms with Crippen LogP contribution in [0.15, 0.2) is 39.3 Å². The van der Waals surface area contributed by atoms with Crippen molar-refractivity contribution < 1.29 is 0 Å². The fourth-order valence-electron chi connectivity index (χ4n) is 2.10. The molecule has 3 nitrogen and oxygen atoms in total. The number of benzene rings is 1. The van der Waals surface area contributed by atoms with E-state index in [1.54, 1.807) is 0 Å². The van der Waals surface area contributed by atoms with Crippen LogP contribution in [0.5, 0.6) is 0 Å². The number of aryl methyl sites for hydroxylation is 1. The van der Waals surface area contributed by atoms with Crippen LogP contribution in [0.25, 0.3) is 16.9 Å². The molecule has 0 amide bonds. The standard InChI is InChI=1S/C14H10Br2ClN3/c1-8-2-4-11-14(18-8)20(13(7-17)19-11)12-5-3-9(15)6-10(12)16/h2-6H,7H2,1H3. The molecule has 2 aromatic heterocycles. The van der Waals surface area contributed by atoms with Gasteiger partial charge < -0.3 is 0 Å². The summed E-state index contributed by atoms with van der Waals surface area (Å²) in [4.78, 5) is 9.14. The summed E-state index contributed by atoms with van der Waals surface area (Å²) in [6, 6.07) is 9.91. The molecule has 0 unspecified atom stereocenters. The first-order valence-electron chi connectivity index (χ1n) is 5.96. The zero-order chi connectivity index (χ0) is 14.3. The number of hydrogen-bond donors (Lipinski definition) is 0. The zero-order valence-electron chi connectivity index (χ0n) is 10.6. The lowest BCUT2D eigenvalue weighted by Gasteiger charge is -2.10. The van der Waals surface area contributed by atoms with E-state index in [2.05, 4.69) is 41.8 Å². The predicted octanol–water partition coefficient (Wildman–Crippen LogP) is 4.99. The molecule has 0 spiro atoms. The number of alkyl halides is 1. The van der Waals surface area contributed by atoms with Crippen LogP contribution in [-0.2, 0) is 5.88 Å². The fraction of sp³-hybridized carbons (Fsp3) is 0.143. The highest BCUT2D eigenvalue weighted by Gasteiger charge is 2.15. The van der Waals surface area contributed by atoms with Gasteiger partial charge in [0.15, 0.2) is 5.65 Å². The quantitative estimate of drug-likeness (QED) is 0.552. The maximum Gasteiger partial charge on any atom is 0.164 e. The molecule has 0 atom stereocenters. The number of hydrogen-bond acceptors (Lipinski definition) is 2. The van der Waals surface area contributed by atoms with E-state index >= 15 is 0 Å². The van der Waals surface area contributed by atoms with Crippen molar-refractivity contribution in [2.75, 3.05) is 0 Å². The highest BCUT2D eigenvalue weighted by molar-refractivity contribution is 9.11. The monoisotopic (exact) mass is 413 g/mol. The number of rotatable bonds is 2. The summed E-state index contributed by atoms with van der Waals surface area (Å²) in [5, 5.41) is 0. The van der Waals surface area contributed by atoms with Gasteiger partial charge in [-0.3, -0.25) is 4.57 Å². The predicted molar refractivity (Wildman–Crippen MR) is 88.6 cm³/mol. The first-order valence-corrected chi connectivity index (χ1v) is 8.08. The van der Waals surface area contributed by atoms with Gasteiger partial charge in [0.05, 0.1) is 11.6 Å². The molecule has 3 rings (SSSR count). The highest BCUT2D eigenvalue weighted by Crippen LogP contribution is 2.29. The van der Waals surface area contributed by atoms with E-state index in [1.165, 1.54) is 0 Å². The summed E-state index contributed by atoms with van der Waals surface area (Å²) in [6.45, 7) is 1.97. The summed E-state index contributed by atoms with van der Waals surface area (Å²) in [6.07, 6.45) is 0. The number of halogens is 3. The smallest absolute Gasteiger partial charge is 0.164 e. The van der Waals surface area contributed by atoms with Crippen LogP contribution in [0.1, 0.15) is 11.5 Å². The van der Waals surface area contributed by atoms with Crippen LogP contribution in [-0.4, -0.2) is 14.5 Å². The minimum Gasteiger partial charge on any atom is -0.279 e. The molecule has 0 aliphatic carbocycles. The third-order valence-corrected chi connectivity index (χ3v) is 4.35. The van der Waals surface area contributed by atoms with Gasteiger partial charge in [0.2, 0.25) is 0 Å². The second kappa shape index (κ2) is 5.47. The lowest BCUT2D eigenvalue weighted by atomic mass is 10.3. The number of imidazole rings is 1. The molecule has 0 fully saturated rings. The summed E-state index contributed by atoms with van der Waals surface area (Å²) < 4.78 is 3.96. The Morgan fingerprint density at radius 3 is 2.65 bits per heavy atom. The van der Waals surface area contributed by atoms with E-state index in [4.69, 9.17) is 11.6 Å². The van der Waals surface area contributed by atoms with Gasteiger partial charge in [0, 0.05) is 14.6 Å². The topological polar surface area (TPSA) is 30.7 Å². The molecule has 0 radical (unpaired) electrons. The zero-order valence-corrected chi connectivity index (χ0v) is 14.5. The van der Waals surface area contributed by atoms with Gasteiger partial charge in [-0.2, -0.15) is 0 Å². The van der Waals surface area contributed by atoms with Crippen LogP contribution in [0.3, 0.4) is 0 Å². The maximum absolute atomic E-state index is 6.04. The second-order valence-corrected chi connectivity index (χ2v) is 6.43. The van der Waals surface area contributed by atoms with Crippen molar-refractivity contribution in [2.24, 2.45) is 0 Å². The van der Waals surface area contributed by atoms with Crippen molar-refractivity contribution in [1.29, 1.82) is 0 Å². The Morgan fingerprint density at radius 1 is 1.15 bits per heavy atom. The molecular weight excluding hydrogens is 405 g/mol. The van der Waals surface area contributed by atoms with Crippen molar-refractivity contribution in [2.45, 2.75) is 12.8 Å². The van der Waals surface area contributed by atoms with Gasteiger partial charge in [-0.25, -0.2) is 9.97 Å². The maximum atomic E-state index is 6.04. The SMILES string of the molecule is Cc1ccc2nc(CCl)n(-c3ccc(Br)cc3Br)c2n1. The number of pyridine rings is 1. The van der Waals surface area contributed by atoms with E-state index in [9.17, 15) is 0 Å². The van der Waals surface area contributed by atoms with Crippen molar-refractivity contribution in [3.63, 3.8) is 0 Å². The normalized spacial score (nSPS) is 11.2. The minimum absolute atomic E-state index is 0.331. The molecule has 2 heterocycles. The van der Waals surface area contributed by atoms with Crippen LogP contribution in [0.4, 0.5) is 0 Å². The van der Waals surface area contributed by atoms with E-state index in [-0.39, 0.29) is 0 Å². The molecule has 0 N–H and O–H groups in total. The largest absolute Gasteiger partial charge is 0.279 e. The van der Waals surface area contributed by atoms with Crippen molar-refractivity contribution in [3.8, 4) is 5.69 Å². The first kappa shape index (κ1) is 14.0. The third kappa shape index (κ3) is 2.38. The molecule has 0 bridgehead atoms. The Bertz CT molecular complexity index is 798. The van der Waals surface area contributed by atoms with E-state index in [0.29, 0.717) is 5.88 Å². The Labute approximate surface area is 138 Å². The Hall–Kier alpha value is -0.910. The number of aromatic nitrogens is 3. The van der Waals surface area contributed by atoms with Crippen molar-refractivity contribution in [3.05, 3.63) is 50.8 Å². The molecule has 6 heteroatoms. The van der Waals surface area contributed by atoms with Gasteiger partial charge in [-0.1, -0.05) is 15.9 Å². The summed E-state index contributed by atoms with van der Waals surface area (Å²) >= 11 is 13.1. The average molecular weight is 416 g/mol. The third-order valence-electron chi connectivity index (χ3n) is 2.98. The summed E-state index contributed by atoms with van der Waals surface area (Å²) in [5.74, 6) is 1.11.